The minimum Gasteiger partial charge on any atom is -0.279 e. The highest BCUT2D eigenvalue weighted by Gasteiger charge is 2.22. The first-order chi connectivity index (χ1) is 11.6. The molecule has 0 aliphatic rings. The Morgan fingerprint density at radius 1 is 1.00 bits per heavy atom. The molecule has 25 heavy (non-hydrogen) atoms. The Bertz CT molecular complexity index is 1160. The Labute approximate surface area is 155 Å². The van der Waals surface area contributed by atoms with Gasteiger partial charge in [-0.05, 0) is 60.3 Å². The number of benzene rings is 2. The van der Waals surface area contributed by atoms with Crippen molar-refractivity contribution >= 4 is 58.6 Å². The average molecular weight is 416 g/mol. The van der Waals surface area contributed by atoms with Gasteiger partial charge >= 0.3 is 0 Å². The molecular weight excluding hydrogens is 402 g/mol. The van der Waals surface area contributed by atoms with Gasteiger partial charge in [0, 0.05) is 21.7 Å². The third-order valence-corrected chi connectivity index (χ3v) is 8.27. The van der Waals surface area contributed by atoms with Crippen molar-refractivity contribution in [2.24, 2.45) is 0 Å². The van der Waals surface area contributed by atoms with E-state index >= 15 is 0 Å². The van der Waals surface area contributed by atoms with Gasteiger partial charge in [-0.2, -0.15) is 0 Å². The maximum absolute atomic E-state index is 12.7. The Balaban J connectivity index is 1.99. The van der Waals surface area contributed by atoms with Gasteiger partial charge in [-0.3, -0.25) is 4.72 Å². The van der Waals surface area contributed by atoms with Gasteiger partial charge in [-0.25, -0.2) is 16.8 Å². The Hall–Kier alpha value is -1.61. The zero-order chi connectivity index (χ0) is 18.4. The molecule has 0 saturated heterocycles. The molecule has 1 N–H and O–H groups in total. The third-order valence-electron chi connectivity index (χ3n) is 3.63. The summed E-state index contributed by atoms with van der Waals surface area (Å²) in [6.07, 6.45) is 1.10. The molecule has 2 aromatic carbocycles. The standard InChI is InChI=1S/C16H14ClNO4S3/c1-10-14-9-11(17)3-8-15(14)23-16(10)25(21,22)18-12-4-6-13(7-5-12)24(2,19)20/h3-9,18H,1-2H3. The summed E-state index contributed by atoms with van der Waals surface area (Å²) in [5.74, 6) is 0. The van der Waals surface area contributed by atoms with Gasteiger partial charge in [0.25, 0.3) is 10.0 Å². The van der Waals surface area contributed by atoms with Crippen LogP contribution in [-0.2, 0) is 19.9 Å². The number of hydrogen-bond donors (Lipinski definition) is 1. The van der Waals surface area contributed by atoms with E-state index in [1.54, 1.807) is 25.1 Å². The minimum atomic E-state index is -3.79. The van der Waals surface area contributed by atoms with E-state index in [0.29, 0.717) is 16.3 Å². The van der Waals surface area contributed by atoms with Gasteiger partial charge in [0.05, 0.1) is 4.90 Å². The molecule has 0 aliphatic heterocycles. The average Bonchev–Trinajstić information content (AvgIpc) is 2.84. The van der Waals surface area contributed by atoms with E-state index in [1.165, 1.54) is 24.3 Å². The van der Waals surface area contributed by atoms with Crippen molar-refractivity contribution in [3.63, 3.8) is 0 Å². The predicted molar refractivity (Wildman–Crippen MR) is 102 cm³/mol. The first-order valence-electron chi connectivity index (χ1n) is 7.09. The molecule has 0 unspecified atom stereocenters. The van der Waals surface area contributed by atoms with Crippen LogP contribution in [0.2, 0.25) is 5.02 Å². The van der Waals surface area contributed by atoms with Crippen molar-refractivity contribution < 1.29 is 16.8 Å². The van der Waals surface area contributed by atoms with Crippen LogP contribution >= 0.6 is 22.9 Å². The van der Waals surface area contributed by atoms with Gasteiger partial charge in [-0.1, -0.05) is 11.6 Å². The molecule has 0 radical (unpaired) electrons. The molecule has 0 bridgehead atoms. The van der Waals surface area contributed by atoms with E-state index in [4.69, 9.17) is 11.6 Å². The van der Waals surface area contributed by atoms with E-state index in [9.17, 15) is 16.8 Å². The fourth-order valence-electron chi connectivity index (χ4n) is 2.40. The van der Waals surface area contributed by atoms with Crippen molar-refractivity contribution in [3.05, 3.63) is 53.1 Å². The fraction of sp³-hybridized carbons (Fsp3) is 0.125. The number of anilines is 1. The second-order valence-electron chi connectivity index (χ2n) is 5.56. The zero-order valence-electron chi connectivity index (χ0n) is 13.3. The highest BCUT2D eigenvalue weighted by molar-refractivity contribution is 7.95. The molecule has 5 nitrogen and oxygen atoms in total. The number of fused-ring (bicyclic) bond motifs is 1. The number of aryl methyl sites for hydroxylation is 1. The summed E-state index contributed by atoms with van der Waals surface area (Å²) < 4.78 is 51.9. The van der Waals surface area contributed by atoms with E-state index in [0.717, 1.165) is 27.7 Å². The third kappa shape index (κ3) is 3.67. The summed E-state index contributed by atoms with van der Waals surface area (Å²) in [4.78, 5) is 0.128. The molecule has 0 spiro atoms. The lowest BCUT2D eigenvalue weighted by Gasteiger charge is -2.08. The molecule has 132 valence electrons. The maximum Gasteiger partial charge on any atom is 0.271 e. The number of sulfonamides is 1. The summed E-state index contributed by atoms with van der Waals surface area (Å²) in [5, 5.41) is 1.34. The molecule has 0 fully saturated rings. The van der Waals surface area contributed by atoms with Gasteiger partial charge in [0.2, 0.25) is 0 Å². The Morgan fingerprint density at radius 3 is 2.24 bits per heavy atom. The first kappa shape index (κ1) is 18.2. The SMILES string of the molecule is Cc1c(S(=O)(=O)Nc2ccc(S(C)(=O)=O)cc2)sc2ccc(Cl)cc12. The van der Waals surface area contributed by atoms with Crippen LogP contribution in [0.4, 0.5) is 5.69 Å². The number of halogens is 1. The number of sulfone groups is 1. The minimum absolute atomic E-state index is 0.128. The molecule has 9 heteroatoms. The molecule has 3 rings (SSSR count). The number of thiophene rings is 1. The van der Waals surface area contributed by atoms with Crippen molar-refractivity contribution in [1.29, 1.82) is 0 Å². The van der Waals surface area contributed by atoms with Gasteiger partial charge < -0.3 is 0 Å². The van der Waals surface area contributed by atoms with Crippen LogP contribution < -0.4 is 4.72 Å². The van der Waals surface area contributed by atoms with Crippen LogP contribution in [0.1, 0.15) is 5.56 Å². The predicted octanol–water partition coefficient (Wildman–Crippen LogP) is 4.07. The lowest BCUT2D eigenvalue weighted by molar-refractivity contribution is 0.601. The van der Waals surface area contributed by atoms with Crippen LogP contribution in [0, 0.1) is 6.92 Å². The summed E-state index contributed by atoms with van der Waals surface area (Å²) in [6.45, 7) is 1.73. The van der Waals surface area contributed by atoms with Crippen molar-refractivity contribution in [3.8, 4) is 0 Å². The summed E-state index contributed by atoms with van der Waals surface area (Å²) in [6, 6.07) is 10.8. The van der Waals surface area contributed by atoms with Crippen LogP contribution in [0.3, 0.4) is 0 Å². The van der Waals surface area contributed by atoms with Gasteiger partial charge in [0.15, 0.2) is 9.84 Å². The van der Waals surface area contributed by atoms with E-state index < -0.39 is 19.9 Å². The smallest absolute Gasteiger partial charge is 0.271 e. The molecule has 3 aromatic rings. The highest BCUT2D eigenvalue weighted by Crippen LogP contribution is 2.36. The normalized spacial score (nSPS) is 12.4. The van der Waals surface area contributed by atoms with E-state index in [1.807, 2.05) is 0 Å². The van der Waals surface area contributed by atoms with E-state index in [-0.39, 0.29) is 9.10 Å². The second kappa shape index (κ2) is 6.28. The molecular formula is C16H14ClNO4S3. The fourth-order valence-corrected chi connectivity index (χ4v) is 6.01. The second-order valence-corrected chi connectivity index (χ2v) is 10.9. The van der Waals surface area contributed by atoms with Crippen molar-refractivity contribution in [2.75, 3.05) is 11.0 Å². The van der Waals surface area contributed by atoms with Gasteiger partial charge in [-0.15, -0.1) is 11.3 Å². The zero-order valence-corrected chi connectivity index (χ0v) is 16.5. The van der Waals surface area contributed by atoms with Crippen molar-refractivity contribution in [1.82, 2.24) is 0 Å². The van der Waals surface area contributed by atoms with Gasteiger partial charge in [0.1, 0.15) is 4.21 Å². The summed E-state index contributed by atoms with van der Waals surface area (Å²) >= 11 is 7.15. The van der Waals surface area contributed by atoms with E-state index in [2.05, 4.69) is 4.72 Å². The molecule has 0 aliphatic carbocycles. The first-order valence-corrected chi connectivity index (χ1v) is 11.7. The van der Waals surface area contributed by atoms with Crippen LogP contribution in [-0.4, -0.2) is 23.1 Å². The largest absolute Gasteiger partial charge is 0.279 e. The molecule has 1 aromatic heterocycles. The lowest BCUT2D eigenvalue weighted by atomic mass is 10.2. The summed E-state index contributed by atoms with van der Waals surface area (Å²) in [5.41, 5.74) is 0.921. The van der Waals surface area contributed by atoms with Crippen LogP contribution in [0.15, 0.2) is 51.6 Å². The number of rotatable bonds is 4. The molecule has 1 heterocycles. The Morgan fingerprint density at radius 2 is 1.64 bits per heavy atom. The molecule has 0 atom stereocenters. The highest BCUT2D eigenvalue weighted by atomic mass is 35.5. The lowest BCUT2D eigenvalue weighted by Crippen LogP contribution is -2.12. The topological polar surface area (TPSA) is 80.3 Å². The number of hydrogen-bond acceptors (Lipinski definition) is 5. The monoisotopic (exact) mass is 415 g/mol. The van der Waals surface area contributed by atoms with Crippen LogP contribution in [0.25, 0.3) is 10.1 Å². The molecule has 0 saturated carbocycles. The number of nitrogens with one attached hydrogen (secondary N) is 1. The Kier molecular flexibility index (Phi) is 4.57. The summed E-state index contributed by atoms with van der Waals surface area (Å²) in [7, 11) is -7.12. The van der Waals surface area contributed by atoms with Crippen LogP contribution in [0.5, 0.6) is 0 Å². The molecule has 0 amide bonds. The van der Waals surface area contributed by atoms with Crippen molar-refractivity contribution in [2.45, 2.75) is 16.0 Å². The maximum atomic E-state index is 12.7. The quantitative estimate of drug-likeness (QED) is 0.696.